The highest BCUT2D eigenvalue weighted by Gasteiger charge is 2.16. The molecule has 116 valence electrons. The summed E-state index contributed by atoms with van der Waals surface area (Å²) in [6.07, 6.45) is -0.168. The van der Waals surface area contributed by atoms with Crippen molar-refractivity contribution in [2.24, 2.45) is 0 Å². The molecule has 0 aliphatic carbocycles. The first kappa shape index (κ1) is 15.7. The van der Waals surface area contributed by atoms with Crippen LogP contribution < -0.4 is 0 Å². The van der Waals surface area contributed by atoms with Gasteiger partial charge in [0.2, 0.25) is 0 Å². The fourth-order valence-corrected chi connectivity index (χ4v) is 2.76. The molecule has 23 heavy (non-hydrogen) atoms. The van der Waals surface area contributed by atoms with Crippen LogP contribution in [0.5, 0.6) is 0 Å². The number of carbonyl (C=O) groups is 1. The zero-order valence-electron chi connectivity index (χ0n) is 12.9. The average Bonchev–Trinajstić information content (AvgIpc) is 2.54. The second-order valence-electron chi connectivity index (χ2n) is 5.54. The monoisotopic (exact) mass is 369 g/mol. The number of carbonyl (C=O) groups excluding carboxylic acids is 1. The first-order valence-corrected chi connectivity index (χ1v) is 8.20. The molecule has 3 rings (SSSR count). The van der Waals surface area contributed by atoms with Gasteiger partial charge in [0.1, 0.15) is 0 Å². The summed E-state index contributed by atoms with van der Waals surface area (Å²) in [7, 11) is 0. The number of esters is 1. The Balaban J connectivity index is 2.22. The Morgan fingerprint density at radius 3 is 2.52 bits per heavy atom. The molecule has 0 N–H and O–H groups in total. The molecule has 1 aromatic heterocycles. The SMILES string of the molecule is CC(C)OC(=O)c1cc(-c2ccccc2)nc2ccc(Br)cc12. The van der Waals surface area contributed by atoms with Crippen LogP contribution in [0.4, 0.5) is 0 Å². The highest BCUT2D eigenvalue weighted by molar-refractivity contribution is 9.10. The molecule has 1 heterocycles. The summed E-state index contributed by atoms with van der Waals surface area (Å²) in [5.74, 6) is -0.331. The minimum Gasteiger partial charge on any atom is -0.459 e. The predicted molar refractivity (Wildman–Crippen MR) is 95.4 cm³/mol. The molecule has 0 radical (unpaired) electrons. The lowest BCUT2D eigenvalue weighted by atomic mass is 10.0. The Hall–Kier alpha value is -2.20. The molecule has 0 spiro atoms. The molecular formula is C19H16BrNO2. The summed E-state index contributed by atoms with van der Waals surface area (Å²) in [6, 6.07) is 17.3. The number of pyridine rings is 1. The molecule has 3 aromatic rings. The van der Waals surface area contributed by atoms with Crippen molar-refractivity contribution in [2.75, 3.05) is 0 Å². The molecule has 0 atom stereocenters. The number of rotatable bonds is 3. The number of fused-ring (bicyclic) bond motifs is 1. The number of ether oxygens (including phenoxy) is 1. The molecule has 0 saturated carbocycles. The molecule has 0 fully saturated rings. The van der Waals surface area contributed by atoms with E-state index in [9.17, 15) is 4.79 Å². The van der Waals surface area contributed by atoms with Gasteiger partial charge in [-0.05, 0) is 38.1 Å². The van der Waals surface area contributed by atoms with Crippen LogP contribution in [-0.2, 0) is 4.74 Å². The van der Waals surface area contributed by atoms with E-state index in [2.05, 4.69) is 20.9 Å². The van der Waals surface area contributed by atoms with Crippen LogP contribution in [0.3, 0.4) is 0 Å². The van der Waals surface area contributed by atoms with Crippen LogP contribution in [0, 0.1) is 0 Å². The van der Waals surface area contributed by atoms with Crippen molar-refractivity contribution in [3.05, 3.63) is 64.6 Å². The van der Waals surface area contributed by atoms with E-state index in [0.29, 0.717) is 5.56 Å². The topological polar surface area (TPSA) is 39.2 Å². The molecule has 0 aliphatic rings. The van der Waals surface area contributed by atoms with Gasteiger partial charge in [0.15, 0.2) is 0 Å². The van der Waals surface area contributed by atoms with Gasteiger partial charge >= 0.3 is 5.97 Å². The van der Waals surface area contributed by atoms with Gasteiger partial charge in [0.25, 0.3) is 0 Å². The fourth-order valence-electron chi connectivity index (χ4n) is 2.40. The van der Waals surface area contributed by atoms with Crippen molar-refractivity contribution >= 4 is 32.8 Å². The fraction of sp³-hybridized carbons (Fsp3) is 0.158. The minimum atomic E-state index is -0.331. The van der Waals surface area contributed by atoms with Gasteiger partial charge in [-0.3, -0.25) is 0 Å². The number of hydrogen-bond acceptors (Lipinski definition) is 3. The van der Waals surface area contributed by atoms with E-state index in [4.69, 9.17) is 4.74 Å². The molecule has 3 nitrogen and oxygen atoms in total. The van der Waals surface area contributed by atoms with E-state index in [0.717, 1.165) is 26.6 Å². The highest BCUT2D eigenvalue weighted by atomic mass is 79.9. The lowest BCUT2D eigenvalue weighted by Gasteiger charge is -2.12. The van der Waals surface area contributed by atoms with Crippen LogP contribution in [0.1, 0.15) is 24.2 Å². The normalized spacial score (nSPS) is 11.0. The second kappa shape index (κ2) is 6.50. The van der Waals surface area contributed by atoms with Crippen molar-refractivity contribution in [1.29, 1.82) is 0 Å². The van der Waals surface area contributed by atoms with E-state index in [-0.39, 0.29) is 12.1 Å². The van der Waals surface area contributed by atoms with E-state index in [1.54, 1.807) is 6.07 Å². The predicted octanol–water partition coefficient (Wildman–Crippen LogP) is 5.23. The summed E-state index contributed by atoms with van der Waals surface area (Å²) < 4.78 is 6.29. The maximum Gasteiger partial charge on any atom is 0.339 e. The third kappa shape index (κ3) is 3.42. The van der Waals surface area contributed by atoms with Crippen molar-refractivity contribution in [3.8, 4) is 11.3 Å². The smallest absolute Gasteiger partial charge is 0.339 e. The maximum atomic E-state index is 12.5. The quantitative estimate of drug-likeness (QED) is 0.593. The zero-order valence-corrected chi connectivity index (χ0v) is 14.5. The van der Waals surface area contributed by atoms with Crippen LogP contribution in [0.25, 0.3) is 22.2 Å². The minimum absolute atomic E-state index is 0.168. The third-order valence-corrected chi connectivity index (χ3v) is 3.90. The molecule has 0 unspecified atom stereocenters. The Bertz CT molecular complexity index is 860. The summed E-state index contributed by atoms with van der Waals surface area (Å²) in [6.45, 7) is 3.69. The lowest BCUT2D eigenvalue weighted by Crippen LogP contribution is -2.12. The number of halogens is 1. The maximum absolute atomic E-state index is 12.5. The van der Waals surface area contributed by atoms with Crippen molar-refractivity contribution in [2.45, 2.75) is 20.0 Å². The Labute approximate surface area is 143 Å². The molecule has 4 heteroatoms. The Morgan fingerprint density at radius 1 is 1.09 bits per heavy atom. The van der Waals surface area contributed by atoms with E-state index in [1.165, 1.54) is 0 Å². The van der Waals surface area contributed by atoms with Crippen LogP contribution >= 0.6 is 15.9 Å². The highest BCUT2D eigenvalue weighted by Crippen LogP contribution is 2.27. The molecule has 0 saturated heterocycles. The average molecular weight is 370 g/mol. The lowest BCUT2D eigenvalue weighted by molar-refractivity contribution is 0.0380. The number of aromatic nitrogens is 1. The van der Waals surface area contributed by atoms with Gasteiger partial charge in [-0.25, -0.2) is 9.78 Å². The molecule has 0 bridgehead atoms. The number of hydrogen-bond donors (Lipinski definition) is 0. The van der Waals surface area contributed by atoms with Gasteiger partial charge in [-0.1, -0.05) is 46.3 Å². The van der Waals surface area contributed by atoms with Crippen molar-refractivity contribution < 1.29 is 9.53 Å². The Morgan fingerprint density at radius 2 is 1.83 bits per heavy atom. The first-order chi connectivity index (χ1) is 11.0. The summed E-state index contributed by atoms with van der Waals surface area (Å²) in [5.41, 5.74) is 3.03. The molecule has 2 aromatic carbocycles. The van der Waals surface area contributed by atoms with Crippen molar-refractivity contribution in [3.63, 3.8) is 0 Å². The third-order valence-electron chi connectivity index (χ3n) is 3.40. The van der Waals surface area contributed by atoms with Gasteiger partial charge in [0, 0.05) is 15.4 Å². The van der Waals surface area contributed by atoms with Gasteiger partial charge in [-0.2, -0.15) is 0 Å². The zero-order chi connectivity index (χ0) is 16.4. The van der Waals surface area contributed by atoms with Crippen LogP contribution in [0.2, 0.25) is 0 Å². The van der Waals surface area contributed by atoms with Gasteiger partial charge < -0.3 is 4.74 Å². The first-order valence-electron chi connectivity index (χ1n) is 7.41. The largest absolute Gasteiger partial charge is 0.459 e. The molecule has 0 aliphatic heterocycles. The molecule has 0 amide bonds. The van der Waals surface area contributed by atoms with Crippen molar-refractivity contribution in [1.82, 2.24) is 4.98 Å². The number of benzene rings is 2. The van der Waals surface area contributed by atoms with Crippen LogP contribution in [-0.4, -0.2) is 17.1 Å². The van der Waals surface area contributed by atoms with E-state index in [1.807, 2.05) is 62.4 Å². The molecular weight excluding hydrogens is 354 g/mol. The second-order valence-corrected chi connectivity index (χ2v) is 6.45. The van der Waals surface area contributed by atoms with Crippen LogP contribution in [0.15, 0.2) is 59.1 Å². The number of nitrogens with zero attached hydrogens (tertiary/aromatic N) is 1. The summed E-state index contributed by atoms with van der Waals surface area (Å²) in [5, 5.41) is 0.782. The summed E-state index contributed by atoms with van der Waals surface area (Å²) >= 11 is 3.45. The van der Waals surface area contributed by atoms with Gasteiger partial charge in [-0.15, -0.1) is 0 Å². The van der Waals surface area contributed by atoms with E-state index >= 15 is 0 Å². The Kier molecular flexibility index (Phi) is 4.44. The standard InChI is InChI=1S/C19H16BrNO2/c1-12(2)23-19(22)16-11-18(13-6-4-3-5-7-13)21-17-9-8-14(20)10-15(16)17/h3-12H,1-2H3. The van der Waals surface area contributed by atoms with Gasteiger partial charge in [0.05, 0.1) is 22.9 Å². The summed E-state index contributed by atoms with van der Waals surface area (Å²) in [4.78, 5) is 17.2. The van der Waals surface area contributed by atoms with E-state index < -0.39 is 0 Å².